The number of amides is 2. The molecular weight excluding hydrogens is 443 g/mol. The fourth-order valence-corrected chi connectivity index (χ4v) is 4.02. The van der Waals surface area contributed by atoms with Crippen LogP contribution in [0.2, 0.25) is 5.02 Å². The van der Waals surface area contributed by atoms with Crippen molar-refractivity contribution in [1.82, 2.24) is 15.5 Å². The Labute approximate surface area is 194 Å². The number of urea groups is 1. The topological polar surface area (TPSA) is 71.3 Å². The lowest BCUT2D eigenvalue weighted by Gasteiger charge is -2.35. The Balaban J connectivity index is 1.66. The van der Waals surface area contributed by atoms with Crippen molar-refractivity contribution in [3.8, 4) is 11.4 Å². The molecule has 3 aromatic carbocycles. The van der Waals surface area contributed by atoms with Gasteiger partial charge in [0.25, 0.3) is 5.89 Å². The van der Waals surface area contributed by atoms with Crippen molar-refractivity contribution in [2.45, 2.75) is 13.0 Å². The van der Waals surface area contributed by atoms with Gasteiger partial charge in [-0.05, 0) is 48.9 Å². The number of benzene rings is 3. The fraction of sp³-hybridized carbons (Fsp3) is 0.0800. The third-order valence-electron chi connectivity index (χ3n) is 5.44. The molecule has 1 aromatic heterocycles. The quantitative estimate of drug-likeness (QED) is 0.392. The summed E-state index contributed by atoms with van der Waals surface area (Å²) in [6.45, 7) is 1.79. The molecule has 1 N–H and O–H groups in total. The maximum atomic E-state index is 14.0. The highest BCUT2D eigenvalue weighted by atomic mass is 35.5. The lowest BCUT2D eigenvalue weighted by Crippen LogP contribution is -2.46. The average molecular weight is 461 g/mol. The Bertz CT molecular complexity index is 1350. The van der Waals surface area contributed by atoms with E-state index in [9.17, 15) is 9.18 Å². The average Bonchev–Trinajstić information content (AvgIpc) is 3.30. The summed E-state index contributed by atoms with van der Waals surface area (Å²) in [7, 11) is 0. The third kappa shape index (κ3) is 3.99. The minimum atomic E-state index is -0.680. The van der Waals surface area contributed by atoms with E-state index in [1.807, 2.05) is 30.3 Å². The van der Waals surface area contributed by atoms with E-state index in [4.69, 9.17) is 16.1 Å². The highest BCUT2D eigenvalue weighted by Crippen LogP contribution is 2.39. The standard InChI is InChI=1S/C25H18ClFN4O2/c1-15-21(24-29-23(30-33-24)16-6-3-2-4-7-16)22(17-8-5-9-19(27)14-17)28-25(32)31(15)20-12-10-18(26)11-13-20/h2-14,22H,1H3,(H,28,32). The molecule has 6 nitrogen and oxygen atoms in total. The van der Waals surface area contributed by atoms with E-state index in [-0.39, 0.29) is 11.9 Å². The SMILES string of the molecule is CC1=C(c2nc(-c3ccccc3)no2)C(c2cccc(F)c2)NC(=O)N1c1ccc(Cl)cc1. The Morgan fingerprint density at radius 1 is 1.03 bits per heavy atom. The Morgan fingerprint density at radius 3 is 2.52 bits per heavy atom. The summed E-state index contributed by atoms with van der Waals surface area (Å²) < 4.78 is 19.7. The molecule has 164 valence electrons. The molecule has 4 aromatic rings. The van der Waals surface area contributed by atoms with Crippen LogP contribution >= 0.6 is 11.6 Å². The molecule has 8 heteroatoms. The number of carbonyl (C=O) groups excluding carboxylic acids is 1. The highest BCUT2D eigenvalue weighted by molar-refractivity contribution is 6.30. The maximum Gasteiger partial charge on any atom is 0.326 e. The van der Waals surface area contributed by atoms with E-state index in [0.717, 1.165) is 5.56 Å². The number of carbonyl (C=O) groups is 1. The Morgan fingerprint density at radius 2 is 1.79 bits per heavy atom. The molecule has 1 aliphatic heterocycles. The molecule has 1 aliphatic rings. The van der Waals surface area contributed by atoms with Gasteiger partial charge in [-0.3, -0.25) is 4.90 Å². The number of anilines is 1. The minimum absolute atomic E-state index is 0.236. The summed E-state index contributed by atoms with van der Waals surface area (Å²) in [6.07, 6.45) is 0. The largest absolute Gasteiger partial charge is 0.334 e. The van der Waals surface area contributed by atoms with Crippen LogP contribution in [0, 0.1) is 5.82 Å². The summed E-state index contributed by atoms with van der Waals surface area (Å²) in [4.78, 5) is 19.2. The van der Waals surface area contributed by atoms with Crippen molar-refractivity contribution >= 4 is 28.9 Å². The van der Waals surface area contributed by atoms with Crippen LogP contribution in [0.3, 0.4) is 0 Å². The van der Waals surface area contributed by atoms with Gasteiger partial charge in [-0.25, -0.2) is 9.18 Å². The van der Waals surface area contributed by atoms with Crippen LogP contribution in [0.25, 0.3) is 17.0 Å². The Kier molecular flexibility index (Phi) is 5.40. The van der Waals surface area contributed by atoms with Crippen molar-refractivity contribution < 1.29 is 13.7 Å². The first-order chi connectivity index (χ1) is 16.0. The van der Waals surface area contributed by atoms with E-state index in [0.29, 0.717) is 33.4 Å². The highest BCUT2D eigenvalue weighted by Gasteiger charge is 2.36. The van der Waals surface area contributed by atoms with Crippen molar-refractivity contribution in [1.29, 1.82) is 0 Å². The lowest BCUT2D eigenvalue weighted by atomic mass is 9.94. The number of halogens is 2. The van der Waals surface area contributed by atoms with Crippen molar-refractivity contribution in [3.63, 3.8) is 0 Å². The molecule has 0 fully saturated rings. The molecule has 0 saturated heterocycles. The number of aromatic nitrogens is 2. The number of hydrogen-bond acceptors (Lipinski definition) is 4. The fourth-order valence-electron chi connectivity index (χ4n) is 3.89. The Hall–Kier alpha value is -3.97. The lowest BCUT2D eigenvalue weighted by molar-refractivity contribution is 0.244. The first-order valence-corrected chi connectivity index (χ1v) is 10.6. The van der Waals surface area contributed by atoms with Gasteiger partial charge >= 0.3 is 6.03 Å². The second-order valence-electron chi connectivity index (χ2n) is 7.54. The van der Waals surface area contributed by atoms with E-state index in [1.165, 1.54) is 17.0 Å². The van der Waals surface area contributed by atoms with Crippen molar-refractivity contribution in [2.75, 3.05) is 4.90 Å². The number of hydrogen-bond donors (Lipinski definition) is 1. The minimum Gasteiger partial charge on any atom is -0.334 e. The van der Waals surface area contributed by atoms with Gasteiger partial charge in [-0.15, -0.1) is 0 Å². The smallest absolute Gasteiger partial charge is 0.326 e. The number of allylic oxidation sites excluding steroid dienone is 1. The second-order valence-corrected chi connectivity index (χ2v) is 7.97. The molecule has 5 rings (SSSR count). The van der Waals surface area contributed by atoms with Crippen LogP contribution in [0.5, 0.6) is 0 Å². The molecule has 33 heavy (non-hydrogen) atoms. The van der Waals surface area contributed by atoms with Crippen molar-refractivity contribution in [3.05, 3.63) is 107 Å². The predicted octanol–water partition coefficient (Wildman–Crippen LogP) is 6.23. The number of nitrogens with zero attached hydrogens (tertiary/aromatic N) is 3. The molecule has 0 aliphatic carbocycles. The zero-order chi connectivity index (χ0) is 22.9. The van der Waals surface area contributed by atoms with Gasteiger partial charge in [-0.2, -0.15) is 4.98 Å². The summed E-state index contributed by atoms with van der Waals surface area (Å²) >= 11 is 6.03. The monoisotopic (exact) mass is 460 g/mol. The van der Waals surface area contributed by atoms with Crippen LogP contribution in [-0.2, 0) is 0 Å². The summed E-state index contributed by atoms with van der Waals surface area (Å²) in [6, 6.07) is 21.3. The van der Waals surface area contributed by atoms with Gasteiger partial charge in [0.05, 0.1) is 17.3 Å². The maximum absolute atomic E-state index is 14.0. The first-order valence-electron chi connectivity index (χ1n) is 10.2. The van der Waals surface area contributed by atoms with Gasteiger partial charge in [-0.1, -0.05) is 59.2 Å². The van der Waals surface area contributed by atoms with E-state index in [2.05, 4.69) is 15.5 Å². The van der Waals surface area contributed by atoms with Gasteiger partial charge < -0.3 is 9.84 Å². The predicted molar refractivity (Wildman–Crippen MR) is 124 cm³/mol. The molecule has 2 heterocycles. The molecule has 1 atom stereocenters. The molecule has 0 bridgehead atoms. The van der Waals surface area contributed by atoms with Crippen LogP contribution in [0.15, 0.2) is 89.1 Å². The summed E-state index contributed by atoms with van der Waals surface area (Å²) in [5.41, 5.74) is 3.13. The van der Waals surface area contributed by atoms with E-state index in [1.54, 1.807) is 43.3 Å². The molecule has 0 saturated carbocycles. The van der Waals surface area contributed by atoms with Crippen LogP contribution in [0.4, 0.5) is 14.9 Å². The number of rotatable bonds is 4. The number of nitrogens with one attached hydrogen (secondary N) is 1. The van der Waals surface area contributed by atoms with Crippen LogP contribution in [-0.4, -0.2) is 16.2 Å². The van der Waals surface area contributed by atoms with Crippen LogP contribution < -0.4 is 10.2 Å². The molecule has 0 spiro atoms. The molecular formula is C25H18ClFN4O2. The molecule has 0 radical (unpaired) electrons. The van der Waals surface area contributed by atoms with Gasteiger partial charge in [0.2, 0.25) is 5.82 Å². The van der Waals surface area contributed by atoms with Gasteiger partial charge in [0.15, 0.2) is 0 Å². The molecule has 2 amide bonds. The van der Waals surface area contributed by atoms with Gasteiger partial charge in [0, 0.05) is 16.3 Å². The summed E-state index contributed by atoms with van der Waals surface area (Å²) in [5.74, 6) is 0.243. The van der Waals surface area contributed by atoms with E-state index >= 15 is 0 Å². The third-order valence-corrected chi connectivity index (χ3v) is 5.69. The van der Waals surface area contributed by atoms with Gasteiger partial charge in [0.1, 0.15) is 5.82 Å². The zero-order valence-corrected chi connectivity index (χ0v) is 18.3. The normalized spacial score (nSPS) is 16.2. The molecule has 1 unspecified atom stereocenters. The van der Waals surface area contributed by atoms with Crippen molar-refractivity contribution in [2.24, 2.45) is 0 Å². The first kappa shape index (κ1) is 20.9. The second kappa shape index (κ2) is 8.52. The van der Waals surface area contributed by atoms with Crippen LogP contribution in [0.1, 0.15) is 24.4 Å². The van der Waals surface area contributed by atoms with E-state index < -0.39 is 11.9 Å². The summed E-state index contributed by atoms with van der Waals surface area (Å²) in [5, 5.41) is 7.64. The zero-order valence-electron chi connectivity index (χ0n) is 17.5.